The fraction of sp³-hybridized carbons (Fsp3) is 0.174. The van der Waals surface area contributed by atoms with Gasteiger partial charge in [-0.25, -0.2) is 4.98 Å². The number of amides is 1. The molecule has 1 unspecified atom stereocenters. The molecule has 0 spiro atoms. The summed E-state index contributed by atoms with van der Waals surface area (Å²) >= 11 is 2.94. The summed E-state index contributed by atoms with van der Waals surface area (Å²) in [7, 11) is 1.67. The van der Waals surface area contributed by atoms with E-state index < -0.39 is 0 Å². The second-order valence-corrected chi connectivity index (χ2v) is 9.44. The predicted molar refractivity (Wildman–Crippen MR) is 126 cm³/mol. The molecular formula is C23H20N4O2S2. The molecule has 5 aromatic rings. The third-order valence-electron chi connectivity index (χ3n) is 5.57. The van der Waals surface area contributed by atoms with Gasteiger partial charge in [0.1, 0.15) is 4.83 Å². The van der Waals surface area contributed by atoms with Crippen molar-refractivity contribution in [2.24, 2.45) is 7.05 Å². The fourth-order valence-electron chi connectivity index (χ4n) is 3.94. The number of aromatic nitrogens is 3. The van der Waals surface area contributed by atoms with Gasteiger partial charge in [-0.1, -0.05) is 24.3 Å². The fourth-order valence-corrected chi connectivity index (χ4v) is 5.84. The highest BCUT2D eigenvalue weighted by atomic mass is 32.1. The maximum Gasteiger partial charge on any atom is 0.262 e. The van der Waals surface area contributed by atoms with Crippen LogP contribution in [0.5, 0.6) is 0 Å². The summed E-state index contributed by atoms with van der Waals surface area (Å²) in [6.45, 7) is 2.27. The zero-order chi connectivity index (χ0) is 21.5. The number of nitrogens with one attached hydrogen (secondary N) is 2. The second kappa shape index (κ2) is 7.79. The van der Waals surface area contributed by atoms with E-state index in [1.807, 2.05) is 31.3 Å². The Labute approximate surface area is 186 Å². The summed E-state index contributed by atoms with van der Waals surface area (Å²) in [6.07, 6.45) is 3.52. The molecule has 6 nitrogen and oxygen atoms in total. The van der Waals surface area contributed by atoms with Crippen LogP contribution in [0.1, 0.15) is 31.6 Å². The predicted octanol–water partition coefficient (Wildman–Crippen LogP) is 4.41. The van der Waals surface area contributed by atoms with Crippen molar-refractivity contribution in [3.8, 4) is 0 Å². The Balaban J connectivity index is 1.47. The Kier molecular flexibility index (Phi) is 4.95. The van der Waals surface area contributed by atoms with Crippen LogP contribution in [-0.2, 0) is 7.05 Å². The highest BCUT2D eigenvalue weighted by Gasteiger charge is 2.23. The molecule has 0 saturated carbocycles. The molecule has 1 atom stereocenters. The summed E-state index contributed by atoms with van der Waals surface area (Å²) in [5.74, 6) is -0.148. The number of carbonyl (C=O) groups excluding carboxylic acids is 1. The minimum atomic E-state index is -0.177. The van der Waals surface area contributed by atoms with Gasteiger partial charge in [0, 0.05) is 41.5 Å². The monoisotopic (exact) mass is 448 g/mol. The van der Waals surface area contributed by atoms with Crippen LogP contribution in [-0.4, -0.2) is 27.0 Å². The SMILES string of the molecule is Cc1c(C(=O)NCC(c2cccs2)c2c[nH]c3ccccc23)sc2ncn(C)c(=O)c12. The maximum atomic E-state index is 13.1. The van der Waals surface area contributed by atoms with E-state index in [9.17, 15) is 9.59 Å². The molecule has 0 bridgehead atoms. The number of aryl methyl sites for hydroxylation is 2. The summed E-state index contributed by atoms with van der Waals surface area (Å²) < 4.78 is 1.44. The molecule has 8 heteroatoms. The second-order valence-electron chi connectivity index (χ2n) is 7.46. The van der Waals surface area contributed by atoms with E-state index in [0.29, 0.717) is 27.2 Å². The molecule has 0 aliphatic heterocycles. The van der Waals surface area contributed by atoms with E-state index in [1.54, 1.807) is 18.4 Å². The van der Waals surface area contributed by atoms with Crippen molar-refractivity contribution in [1.29, 1.82) is 0 Å². The lowest BCUT2D eigenvalue weighted by molar-refractivity contribution is 0.0956. The smallest absolute Gasteiger partial charge is 0.262 e. The number of H-pyrrole nitrogens is 1. The van der Waals surface area contributed by atoms with Gasteiger partial charge in [-0.3, -0.25) is 9.59 Å². The largest absolute Gasteiger partial charge is 0.361 e. The third-order valence-corrected chi connectivity index (χ3v) is 7.75. The number of thiophene rings is 2. The molecule has 0 aliphatic carbocycles. The number of benzene rings is 1. The van der Waals surface area contributed by atoms with Crippen molar-refractivity contribution < 1.29 is 4.79 Å². The first-order valence-corrected chi connectivity index (χ1v) is 11.6. The Morgan fingerprint density at radius 1 is 1.26 bits per heavy atom. The average Bonchev–Trinajstić information content (AvgIpc) is 3.51. The van der Waals surface area contributed by atoms with Crippen LogP contribution in [0.25, 0.3) is 21.1 Å². The van der Waals surface area contributed by atoms with Gasteiger partial charge in [0.2, 0.25) is 0 Å². The molecule has 156 valence electrons. The molecule has 0 saturated heterocycles. The number of nitrogens with zero attached hydrogens (tertiary/aromatic N) is 2. The van der Waals surface area contributed by atoms with Crippen LogP contribution in [0.2, 0.25) is 0 Å². The van der Waals surface area contributed by atoms with Crippen LogP contribution in [0.3, 0.4) is 0 Å². The van der Waals surface area contributed by atoms with E-state index in [4.69, 9.17) is 0 Å². The summed E-state index contributed by atoms with van der Waals surface area (Å²) in [6, 6.07) is 12.3. The van der Waals surface area contributed by atoms with E-state index >= 15 is 0 Å². The number of hydrogen-bond acceptors (Lipinski definition) is 5. The molecule has 4 aromatic heterocycles. The molecule has 0 radical (unpaired) electrons. The van der Waals surface area contributed by atoms with Gasteiger partial charge in [-0.15, -0.1) is 22.7 Å². The number of fused-ring (bicyclic) bond motifs is 2. The number of para-hydroxylation sites is 1. The van der Waals surface area contributed by atoms with Gasteiger partial charge in [0.25, 0.3) is 11.5 Å². The van der Waals surface area contributed by atoms with Gasteiger partial charge in [0.05, 0.1) is 16.6 Å². The minimum absolute atomic E-state index is 0.0285. The van der Waals surface area contributed by atoms with Gasteiger partial charge in [0.15, 0.2) is 0 Å². The molecule has 31 heavy (non-hydrogen) atoms. The van der Waals surface area contributed by atoms with Crippen molar-refractivity contribution in [3.05, 3.63) is 85.5 Å². The van der Waals surface area contributed by atoms with Gasteiger partial charge in [-0.05, 0) is 35.6 Å². The quantitative estimate of drug-likeness (QED) is 0.418. The zero-order valence-corrected chi connectivity index (χ0v) is 18.6. The molecule has 0 aliphatic rings. The molecule has 1 amide bonds. The van der Waals surface area contributed by atoms with Crippen molar-refractivity contribution in [3.63, 3.8) is 0 Å². The number of rotatable bonds is 5. The number of carbonyl (C=O) groups is 1. The van der Waals surface area contributed by atoms with E-state index in [-0.39, 0.29) is 17.4 Å². The van der Waals surface area contributed by atoms with Gasteiger partial charge >= 0.3 is 0 Å². The first kappa shape index (κ1) is 19.7. The van der Waals surface area contributed by atoms with Crippen LogP contribution < -0.4 is 10.9 Å². The lowest BCUT2D eigenvalue weighted by Crippen LogP contribution is -2.28. The molecular weight excluding hydrogens is 428 g/mol. The van der Waals surface area contributed by atoms with Crippen LogP contribution >= 0.6 is 22.7 Å². The van der Waals surface area contributed by atoms with Crippen LogP contribution in [0.15, 0.2) is 59.1 Å². The Bertz CT molecular complexity index is 1460. The van der Waals surface area contributed by atoms with Crippen molar-refractivity contribution in [1.82, 2.24) is 19.9 Å². The molecule has 5 rings (SSSR count). The van der Waals surface area contributed by atoms with Crippen molar-refractivity contribution in [2.45, 2.75) is 12.8 Å². The Morgan fingerprint density at radius 2 is 2.10 bits per heavy atom. The first-order valence-electron chi connectivity index (χ1n) is 9.87. The number of aromatic amines is 1. The summed E-state index contributed by atoms with van der Waals surface area (Å²) in [4.78, 5) is 35.6. The van der Waals surface area contributed by atoms with Crippen LogP contribution in [0.4, 0.5) is 0 Å². The highest BCUT2D eigenvalue weighted by Crippen LogP contribution is 2.33. The normalized spacial score (nSPS) is 12.5. The third kappa shape index (κ3) is 3.37. The van der Waals surface area contributed by atoms with E-state index in [2.05, 4.69) is 38.9 Å². The summed E-state index contributed by atoms with van der Waals surface area (Å²) in [5, 5.41) is 6.83. The van der Waals surface area contributed by atoms with E-state index in [1.165, 1.54) is 27.1 Å². The Hall–Kier alpha value is -3.23. The van der Waals surface area contributed by atoms with Crippen molar-refractivity contribution >= 4 is 49.7 Å². The molecule has 2 N–H and O–H groups in total. The molecule has 0 fully saturated rings. The first-order chi connectivity index (χ1) is 15.0. The average molecular weight is 449 g/mol. The minimum Gasteiger partial charge on any atom is -0.361 e. The maximum absolute atomic E-state index is 13.1. The zero-order valence-electron chi connectivity index (χ0n) is 17.0. The Morgan fingerprint density at radius 3 is 2.90 bits per heavy atom. The van der Waals surface area contributed by atoms with Gasteiger partial charge < -0.3 is 14.9 Å². The summed E-state index contributed by atoms with van der Waals surface area (Å²) in [5.41, 5.74) is 2.79. The lowest BCUT2D eigenvalue weighted by Gasteiger charge is -2.16. The molecule has 1 aromatic carbocycles. The van der Waals surface area contributed by atoms with Crippen molar-refractivity contribution in [2.75, 3.05) is 6.54 Å². The van der Waals surface area contributed by atoms with E-state index in [0.717, 1.165) is 16.5 Å². The van der Waals surface area contributed by atoms with Gasteiger partial charge in [-0.2, -0.15) is 0 Å². The number of hydrogen-bond donors (Lipinski definition) is 2. The highest BCUT2D eigenvalue weighted by molar-refractivity contribution is 7.20. The van der Waals surface area contributed by atoms with Crippen LogP contribution in [0, 0.1) is 6.92 Å². The topological polar surface area (TPSA) is 79.8 Å². The standard InChI is InChI=1S/C23H20N4O2S2/c1-13-19-22(26-12-27(2)23(19)29)31-20(13)21(28)25-11-16(18-8-5-9-30-18)15-10-24-17-7-4-3-6-14(15)17/h3-10,12,16,24H,11H2,1-2H3,(H,25,28). The molecule has 4 heterocycles. The lowest BCUT2D eigenvalue weighted by atomic mass is 9.96.